The van der Waals surface area contributed by atoms with E-state index in [2.05, 4.69) is 0 Å². The zero-order valence-corrected chi connectivity index (χ0v) is 12.8. The van der Waals surface area contributed by atoms with Gasteiger partial charge in [-0.05, 0) is 38.3 Å². The van der Waals surface area contributed by atoms with Gasteiger partial charge in [-0.25, -0.2) is 4.79 Å². The van der Waals surface area contributed by atoms with Gasteiger partial charge in [0.1, 0.15) is 12.2 Å². The third-order valence-corrected chi connectivity index (χ3v) is 3.53. The number of carbonyl (C=O) groups excluding carboxylic acids is 1. The summed E-state index contributed by atoms with van der Waals surface area (Å²) in [4.78, 5) is 12.0. The molecule has 1 aliphatic heterocycles. The molecule has 1 unspecified atom stereocenters. The second-order valence-electron chi connectivity index (χ2n) is 4.90. The molecule has 1 aromatic rings. The van der Waals surface area contributed by atoms with E-state index < -0.39 is 5.97 Å². The Balaban J connectivity index is 2.14. The van der Waals surface area contributed by atoms with E-state index in [0.29, 0.717) is 23.1 Å². The van der Waals surface area contributed by atoms with Crippen LogP contribution >= 0.6 is 11.6 Å². The lowest BCUT2D eigenvalue weighted by Crippen LogP contribution is -2.26. The van der Waals surface area contributed by atoms with Crippen molar-refractivity contribution in [1.82, 2.24) is 0 Å². The maximum Gasteiger partial charge on any atom is 0.342 e. The minimum absolute atomic E-state index is 0.0300. The molecule has 1 aliphatic rings. The third kappa shape index (κ3) is 4.25. The van der Waals surface area contributed by atoms with Crippen LogP contribution in [-0.4, -0.2) is 31.9 Å². The Kier molecular flexibility index (Phi) is 5.70. The van der Waals surface area contributed by atoms with Crippen LogP contribution in [0.5, 0.6) is 5.75 Å². The predicted molar refractivity (Wildman–Crippen MR) is 80.9 cm³/mol. The van der Waals surface area contributed by atoms with Crippen LogP contribution in [0, 0.1) is 0 Å². The lowest BCUT2D eigenvalue weighted by atomic mass is 10.1. The monoisotopic (exact) mass is 313 g/mol. The molecule has 1 heterocycles. The fraction of sp³-hybridized carbons (Fsp3) is 0.533. The van der Waals surface area contributed by atoms with E-state index in [1.165, 1.54) is 6.07 Å². The molecule has 0 amide bonds. The van der Waals surface area contributed by atoms with Crippen molar-refractivity contribution >= 4 is 23.3 Å². The molecule has 1 fully saturated rings. The molecule has 0 saturated carbocycles. The highest BCUT2D eigenvalue weighted by Crippen LogP contribution is 2.32. The summed E-state index contributed by atoms with van der Waals surface area (Å²) in [5.74, 6) is -0.190. The maximum atomic E-state index is 12.0. The third-order valence-electron chi connectivity index (χ3n) is 3.25. The van der Waals surface area contributed by atoms with Crippen LogP contribution in [0.3, 0.4) is 0 Å². The summed E-state index contributed by atoms with van der Waals surface area (Å²) in [6, 6.07) is 3.07. The number of esters is 1. The van der Waals surface area contributed by atoms with Gasteiger partial charge in [0.15, 0.2) is 5.75 Å². The predicted octanol–water partition coefficient (Wildman–Crippen LogP) is 3.05. The van der Waals surface area contributed by atoms with E-state index in [9.17, 15) is 4.79 Å². The molecule has 5 nitrogen and oxygen atoms in total. The molecule has 21 heavy (non-hydrogen) atoms. The number of carbonyl (C=O) groups is 1. The first kappa shape index (κ1) is 15.9. The molecule has 2 N–H and O–H groups in total. The van der Waals surface area contributed by atoms with Gasteiger partial charge in [-0.1, -0.05) is 11.6 Å². The van der Waals surface area contributed by atoms with Crippen LogP contribution in [0.15, 0.2) is 12.1 Å². The minimum Gasteiger partial charge on any atom is -0.488 e. The average Bonchev–Trinajstić information content (AvgIpc) is 2.47. The summed E-state index contributed by atoms with van der Waals surface area (Å²) < 4.78 is 16.3. The van der Waals surface area contributed by atoms with E-state index in [1.54, 1.807) is 13.0 Å². The number of halogens is 1. The highest BCUT2D eigenvalue weighted by molar-refractivity contribution is 6.33. The fourth-order valence-electron chi connectivity index (χ4n) is 2.24. The Labute approximate surface area is 129 Å². The van der Waals surface area contributed by atoms with Gasteiger partial charge in [0.2, 0.25) is 0 Å². The molecular weight excluding hydrogens is 294 g/mol. The Bertz CT molecular complexity index is 501. The van der Waals surface area contributed by atoms with Crippen molar-refractivity contribution in [2.45, 2.75) is 32.3 Å². The van der Waals surface area contributed by atoms with Gasteiger partial charge in [0, 0.05) is 12.3 Å². The quantitative estimate of drug-likeness (QED) is 0.668. The Hall–Kier alpha value is -1.46. The van der Waals surface area contributed by atoms with Crippen LogP contribution in [0.1, 0.15) is 36.5 Å². The van der Waals surface area contributed by atoms with Crippen molar-refractivity contribution in [3.05, 3.63) is 22.7 Å². The van der Waals surface area contributed by atoms with E-state index in [0.717, 1.165) is 25.9 Å². The van der Waals surface area contributed by atoms with Gasteiger partial charge >= 0.3 is 5.97 Å². The van der Waals surface area contributed by atoms with Crippen molar-refractivity contribution in [1.29, 1.82) is 0 Å². The molecule has 2 rings (SSSR count). The van der Waals surface area contributed by atoms with Gasteiger partial charge in [0.25, 0.3) is 0 Å². The summed E-state index contributed by atoms with van der Waals surface area (Å²) in [5, 5.41) is 0.300. The number of nitrogens with two attached hydrogens (primary N) is 1. The summed E-state index contributed by atoms with van der Waals surface area (Å²) in [6.45, 7) is 3.11. The Morgan fingerprint density at radius 1 is 1.48 bits per heavy atom. The van der Waals surface area contributed by atoms with Crippen LogP contribution in [-0.2, 0) is 9.47 Å². The normalized spacial score (nSPS) is 18.3. The van der Waals surface area contributed by atoms with Crippen molar-refractivity contribution in [3.8, 4) is 5.75 Å². The van der Waals surface area contributed by atoms with Gasteiger partial charge in [-0.3, -0.25) is 0 Å². The second kappa shape index (κ2) is 7.52. The smallest absolute Gasteiger partial charge is 0.342 e. The van der Waals surface area contributed by atoms with E-state index in [-0.39, 0.29) is 18.3 Å². The molecule has 116 valence electrons. The molecule has 6 heteroatoms. The number of hydrogen-bond donors (Lipinski definition) is 1. The van der Waals surface area contributed by atoms with Gasteiger partial charge in [-0.2, -0.15) is 0 Å². The zero-order chi connectivity index (χ0) is 15.2. The van der Waals surface area contributed by atoms with E-state index in [4.69, 9.17) is 31.5 Å². The number of rotatable bonds is 5. The summed E-state index contributed by atoms with van der Waals surface area (Å²) >= 11 is 6.14. The fourth-order valence-corrected chi connectivity index (χ4v) is 2.52. The van der Waals surface area contributed by atoms with E-state index in [1.807, 2.05) is 0 Å². The Morgan fingerprint density at radius 3 is 2.95 bits per heavy atom. The number of benzene rings is 1. The van der Waals surface area contributed by atoms with Crippen molar-refractivity contribution in [3.63, 3.8) is 0 Å². The van der Waals surface area contributed by atoms with Gasteiger partial charge in [-0.15, -0.1) is 0 Å². The molecular formula is C15H20ClNO4. The summed E-state index contributed by atoms with van der Waals surface area (Å²) in [6.07, 6.45) is 3.17. The van der Waals surface area contributed by atoms with Crippen molar-refractivity contribution in [2.24, 2.45) is 0 Å². The second-order valence-corrected chi connectivity index (χ2v) is 5.31. The van der Waals surface area contributed by atoms with Crippen LogP contribution < -0.4 is 10.5 Å². The number of nitrogen functional groups attached to an aromatic ring is 1. The molecule has 0 aliphatic carbocycles. The molecule has 1 aromatic carbocycles. The highest BCUT2D eigenvalue weighted by Gasteiger charge is 2.21. The zero-order valence-electron chi connectivity index (χ0n) is 12.1. The summed E-state index contributed by atoms with van der Waals surface area (Å²) in [5.41, 5.74) is 6.37. The lowest BCUT2D eigenvalue weighted by Gasteiger charge is -2.23. The molecule has 0 aromatic heterocycles. The lowest BCUT2D eigenvalue weighted by molar-refractivity contribution is -0.0113. The van der Waals surface area contributed by atoms with E-state index >= 15 is 0 Å². The van der Waals surface area contributed by atoms with Crippen molar-refractivity contribution < 1.29 is 19.0 Å². The largest absolute Gasteiger partial charge is 0.488 e. The molecule has 1 atom stereocenters. The first-order valence-corrected chi connectivity index (χ1v) is 7.50. The van der Waals surface area contributed by atoms with Gasteiger partial charge < -0.3 is 19.9 Å². The van der Waals surface area contributed by atoms with Crippen LogP contribution in [0.25, 0.3) is 0 Å². The van der Waals surface area contributed by atoms with Crippen LogP contribution in [0.2, 0.25) is 5.02 Å². The minimum atomic E-state index is -0.494. The standard InChI is InChI=1S/C15H20ClNO4/c1-2-19-15(18)12-7-10(17)8-13(16)14(12)21-9-11-5-3-4-6-20-11/h7-8,11H,2-6,9,17H2,1H3. The van der Waals surface area contributed by atoms with Crippen LogP contribution in [0.4, 0.5) is 5.69 Å². The molecule has 0 radical (unpaired) electrons. The molecule has 0 spiro atoms. The maximum absolute atomic E-state index is 12.0. The SMILES string of the molecule is CCOC(=O)c1cc(N)cc(Cl)c1OCC1CCCCO1. The average molecular weight is 314 g/mol. The number of anilines is 1. The topological polar surface area (TPSA) is 70.8 Å². The Morgan fingerprint density at radius 2 is 2.29 bits per heavy atom. The molecule has 0 bridgehead atoms. The number of ether oxygens (including phenoxy) is 3. The molecule has 1 saturated heterocycles. The highest BCUT2D eigenvalue weighted by atomic mass is 35.5. The summed E-state index contributed by atoms with van der Waals surface area (Å²) in [7, 11) is 0. The first-order chi connectivity index (χ1) is 10.1. The van der Waals surface area contributed by atoms with Crippen molar-refractivity contribution in [2.75, 3.05) is 25.6 Å². The number of hydrogen-bond acceptors (Lipinski definition) is 5. The first-order valence-electron chi connectivity index (χ1n) is 7.12. The van der Waals surface area contributed by atoms with Gasteiger partial charge in [0.05, 0.1) is 17.7 Å².